The Bertz CT molecular complexity index is 485. The van der Waals surface area contributed by atoms with Crippen molar-refractivity contribution >= 4 is 33.1 Å². The van der Waals surface area contributed by atoms with Crippen molar-refractivity contribution in [1.29, 1.82) is 0 Å². The normalized spacial score (nSPS) is 24.2. The molecule has 1 N–H and O–H groups in total. The largest absolute Gasteiger partial charge is 0.371 e. The van der Waals surface area contributed by atoms with Gasteiger partial charge in [-0.1, -0.05) is 28.1 Å². The van der Waals surface area contributed by atoms with Crippen LogP contribution in [-0.2, 0) is 10.3 Å². The quantitative estimate of drug-likeness (QED) is 0.837. The lowest BCUT2D eigenvalue weighted by Gasteiger charge is -2.38. The first kappa shape index (κ1) is 13.8. The van der Waals surface area contributed by atoms with E-state index in [1.807, 2.05) is 0 Å². The number of alkyl halides is 2. The highest BCUT2D eigenvalue weighted by Crippen LogP contribution is 2.34. The van der Waals surface area contributed by atoms with Gasteiger partial charge in [-0.25, -0.2) is 13.2 Å². The summed E-state index contributed by atoms with van der Waals surface area (Å²) in [5.74, 6) is -0.723. The Labute approximate surface area is 116 Å². The molecular weight excluding hydrogens is 331 g/mol. The number of nitrogens with one attached hydrogen (secondary N) is 1. The molecular formula is C11H9BrF3NOS. The number of halogens is 4. The molecule has 2 rings (SSSR count). The minimum absolute atomic E-state index is 0.0689. The summed E-state index contributed by atoms with van der Waals surface area (Å²) in [6, 6.07) is 3.88. The number of morpholine rings is 1. The van der Waals surface area contributed by atoms with Crippen LogP contribution in [-0.4, -0.2) is 24.6 Å². The molecule has 1 aliphatic rings. The molecule has 0 bridgehead atoms. The van der Waals surface area contributed by atoms with Crippen LogP contribution < -0.4 is 5.32 Å². The zero-order valence-electron chi connectivity index (χ0n) is 9.05. The molecule has 0 saturated carbocycles. The molecule has 1 saturated heterocycles. The average Bonchev–Trinajstić information content (AvgIpc) is 2.32. The van der Waals surface area contributed by atoms with Gasteiger partial charge >= 0.3 is 0 Å². The van der Waals surface area contributed by atoms with E-state index in [-0.39, 0.29) is 23.8 Å². The average molecular weight is 340 g/mol. The predicted molar refractivity (Wildman–Crippen MR) is 68.3 cm³/mol. The van der Waals surface area contributed by atoms with Crippen LogP contribution in [0.15, 0.2) is 22.7 Å². The van der Waals surface area contributed by atoms with Crippen LogP contribution in [0.4, 0.5) is 13.2 Å². The van der Waals surface area contributed by atoms with Crippen LogP contribution in [0.1, 0.15) is 5.56 Å². The maximum absolute atomic E-state index is 13.8. The summed E-state index contributed by atoms with van der Waals surface area (Å²) in [6.07, 6.45) is -2.85. The molecule has 1 heterocycles. The van der Waals surface area contributed by atoms with Crippen molar-refractivity contribution < 1.29 is 17.9 Å². The van der Waals surface area contributed by atoms with Gasteiger partial charge in [-0.2, -0.15) is 0 Å². The number of thiocarbonyl (C=S) groups is 1. The molecule has 1 aromatic carbocycles. The molecule has 1 aromatic rings. The van der Waals surface area contributed by atoms with Gasteiger partial charge in [0.05, 0.1) is 13.2 Å². The first-order chi connectivity index (χ1) is 8.45. The number of hydrogen-bond donors (Lipinski definition) is 1. The van der Waals surface area contributed by atoms with E-state index in [9.17, 15) is 13.2 Å². The Kier molecular flexibility index (Phi) is 3.93. The first-order valence-electron chi connectivity index (χ1n) is 5.08. The highest BCUT2D eigenvalue weighted by atomic mass is 79.9. The lowest BCUT2D eigenvalue weighted by atomic mass is 9.89. The molecule has 1 atom stereocenters. The summed E-state index contributed by atoms with van der Waals surface area (Å²) in [4.78, 5) is 0.140. The minimum atomic E-state index is -2.85. The highest BCUT2D eigenvalue weighted by Gasteiger charge is 2.46. The molecule has 2 nitrogen and oxygen atoms in total. The zero-order chi connectivity index (χ0) is 13.3. The number of ether oxygens (including phenoxy) is 1. The fourth-order valence-corrected chi connectivity index (χ4v) is 2.47. The molecule has 7 heteroatoms. The van der Waals surface area contributed by atoms with Crippen LogP contribution >= 0.6 is 28.1 Å². The molecule has 0 radical (unpaired) electrons. The minimum Gasteiger partial charge on any atom is -0.371 e. The van der Waals surface area contributed by atoms with Crippen molar-refractivity contribution in [1.82, 2.24) is 5.32 Å². The van der Waals surface area contributed by atoms with Gasteiger partial charge in [-0.05, 0) is 18.2 Å². The molecule has 0 spiro atoms. The summed E-state index contributed by atoms with van der Waals surface area (Å²) in [5, 5.41) is 2.51. The van der Waals surface area contributed by atoms with Crippen molar-refractivity contribution in [2.24, 2.45) is 0 Å². The second kappa shape index (κ2) is 5.14. The number of benzene rings is 1. The van der Waals surface area contributed by atoms with Crippen LogP contribution in [0.25, 0.3) is 0 Å². The molecule has 1 aliphatic heterocycles. The lowest BCUT2D eigenvalue weighted by molar-refractivity contribution is -0.0320. The van der Waals surface area contributed by atoms with Gasteiger partial charge < -0.3 is 10.1 Å². The van der Waals surface area contributed by atoms with Crippen LogP contribution in [0.2, 0.25) is 0 Å². The number of hydrogen-bond acceptors (Lipinski definition) is 2. The van der Waals surface area contributed by atoms with Crippen LogP contribution in [0.5, 0.6) is 0 Å². The summed E-state index contributed by atoms with van der Waals surface area (Å²) in [6.45, 7) is -0.266. The summed E-state index contributed by atoms with van der Waals surface area (Å²) in [7, 11) is 0. The Hall–Kier alpha value is -0.660. The number of rotatable bonds is 2. The van der Waals surface area contributed by atoms with Crippen LogP contribution in [0, 0.1) is 5.82 Å². The Morgan fingerprint density at radius 1 is 1.44 bits per heavy atom. The Balaban J connectivity index is 2.53. The van der Waals surface area contributed by atoms with Crippen LogP contribution in [0.3, 0.4) is 0 Å². The highest BCUT2D eigenvalue weighted by molar-refractivity contribution is 9.10. The maximum atomic E-state index is 13.8. The van der Waals surface area contributed by atoms with Crippen molar-refractivity contribution in [3.8, 4) is 0 Å². The Morgan fingerprint density at radius 2 is 2.17 bits per heavy atom. The third-order valence-corrected chi connectivity index (χ3v) is 3.42. The van der Waals surface area contributed by atoms with Gasteiger partial charge in [-0.3, -0.25) is 0 Å². The van der Waals surface area contributed by atoms with E-state index in [1.54, 1.807) is 0 Å². The second-order valence-electron chi connectivity index (χ2n) is 3.94. The zero-order valence-corrected chi connectivity index (χ0v) is 11.5. The first-order valence-corrected chi connectivity index (χ1v) is 6.28. The summed E-state index contributed by atoms with van der Waals surface area (Å²) >= 11 is 7.98. The molecule has 98 valence electrons. The third kappa shape index (κ3) is 2.39. The van der Waals surface area contributed by atoms with Gasteiger partial charge in [0.25, 0.3) is 6.43 Å². The van der Waals surface area contributed by atoms with E-state index >= 15 is 0 Å². The van der Waals surface area contributed by atoms with Crippen molar-refractivity contribution in [2.75, 3.05) is 13.2 Å². The van der Waals surface area contributed by atoms with Crippen molar-refractivity contribution in [3.63, 3.8) is 0 Å². The molecule has 0 amide bonds. The molecule has 18 heavy (non-hydrogen) atoms. The van der Waals surface area contributed by atoms with E-state index in [0.29, 0.717) is 4.47 Å². The second-order valence-corrected chi connectivity index (χ2v) is 5.35. The van der Waals surface area contributed by atoms with E-state index in [2.05, 4.69) is 21.2 Å². The van der Waals surface area contributed by atoms with E-state index in [0.717, 1.165) is 6.07 Å². The molecule has 1 unspecified atom stereocenters. The molecule has 1 fully saturated rings. The van der Waals surface area contributed by atoms with Gasteiger partial charge in [-0.15, -0.1) is 0 Å². The standard InChI is InChI=1S/C11H9BrF3NOS/c12-6-1-2-8(13)7(3-6)11(10(14)15)5-17-4-9(18)16-11/h1-3,10H,4-5H2,(H,16,18). The topological polar surface area (TPSA) is 21.3 Å². The summed E-state index contributed by atoms with van der Waals surface area (Å²) < 4.78 is 46.1. The van der Waals surface area contributed by atoms with Gasteiger partial charge in [0, 0.05) is 10.0 Å². The molecule has 0 aliphatic carbocycles. The molecule has 0 aromatic heterocycles. The van der Waals surface area contributed by atoms with Gasteiger partial charge in [0.2, 0.25) is 0 Å². The fraction of sp³-hybridized carbons (Fsp3) is 0.364. The third-order valence-electron chi connectivity index (χ3n) is 2.71. The predicted octanol–water partition coefficient (Wildman–Crippen LogP) is 3.00. The lowest BCUT2D eigenvalue weighted by Crippen LogP contribution is -2.58. The monoisotopic (exact) mass is 339 g/mol. The van der Waals surface area contributed by atoms with E-state index in [4.69, 9.17) is 17.0 Å². The Morgan fingerprint density at radius 3 is 2.78 bits per heavy atom. The maximum Gasteiger partial charge on any atom is 0.267 e. The van der Waals surface area contributed by atoms with E-state index < -0.39 is 17.8 Å². The fourth-order valence-electron chi connectivity index (χ4n) is 1.85. The summed E-state index contributed by atoms with van der Waals surface area (Å²) in [5.41, 5.74) is -2.09. The smallest absolute Gasteiger partial charge is 0.267 e. The van der Waals surface area contributed by atoms with Gasteiger partial charge in [0.15, 0.2) is 5.54 Å². The van der Waals surface area contributed by atoms with Crippen molar-refractivity contribution in [3.05, 3.63) is 34.1 Å². The van der Waals surface area contributed by atoms with E-state index in [1.165, 1.54) is 12.1 Å². The van der Waals surface area contributed by atoms with Gasteiger partial charge in [0.1, 0.15) is 10.8 Å². The van der Waals surface area contributed by atoms with Crippen molar-refractivity contribution in [2.45, 2.75) is 12.0 Å². The SMILES string of the molecule is Fc1ccc(Br)cc1C1(C(F)F)COCC(=S)N1.